The van der Waals surface area contributed by atoms with Gasteiger partial charge in [0.25, 0.3) is 5.91 Å². The number of rotatable bonds is 5. The van der Waals surface area contributed by atoms with E-state index in [1.807, 2.05) is 85.8 Å². The molecule has 0 unspecified atom stereocenters. The fourth-order valence-electron chi connectivity index (χ4n) is 3.06. The highest BCUT2D eigenvalue weighted by atomic mass is 32.1. The van der Waals surface area contributed by atoms with Crippen molar-refractivity contribution in [1.29, 1.82) is 0 Å². The van der Waals surface area contributed by atoms with Crippen LogP contribution >= 0.6 is 12.2 Å². The molecule has 0 aliphatic rings. The fraction of sp³-hybridized carbons (Fsp3) is 0.0833. The topological polar surface area (TPSA) is 63.5 Å². The van der Waals surface area contributed by atoms with E-state index in [4.69, 9.17) is 21.4 Å². The number of ether oxygens (including phenoxy) is 1. The molecule has 4 aromatic rings. The first kappa shape index (κ1) is 19.7. The third-order valence-electron chi connectivity index (χ3n) is 4.55. The Hall–Kier alpha value is -3.64. The maximum Gasteiger partial charge on any atom is 0.293 e. The van der Waals surface area contributed by atoms with E-state index >= 15 is 0 Å². The van der Waals surface area contributed by atoms with Gasteiger partial charge in [0.15, 0.2) is 10.9 Å². The second kappa shape index (κ2) is 8.80. The third-order valence-corrected chi connectivity index (χ3v) is 4.75. The molecule has 0 radical (unpaired) electrons. The van der Waals surface area contributed by atoms with Crippen molar-refractivity contribution in [3.05, 3.63) is 96.3 Å². The first-order valence-corrected chi connectivity index (χ1v) is 9.92. The second-order valence-electron chi connectivity index (χ2n) is 6.76. The van der Waals surface area contributed by atoms with Gasteiger partial charge in [0.2, 0.25) is 0 Å². The van der Waals surface area contributed by atoms with E-state index in [-0.39, 0.29) is 17.0 Å². The molecule has 6 heteroatoms. The number of thiocarbonyl (C=S) groups is 1. The van der Waals surface area contributed by atoms with Crippen LogP contribution in [0.1, 0.15) is 29.1 Å². The van der Waals surface area contributed by atoms with Crippen molar-refractivity contribution in [2.75, 3.05) is 5.32 Å². The van der Waals surface area contributed by atoms with Gasteiger partial charge in [0.1, 0.15) is 17.4 Å². The van der Waals surface area contributed by atoms with Gasteiger partial charge >= 0.3 is 0 Å². The largest absolute Gasteiger partial charge is 0.486 e. The summed E-state index contributed by atoms with van der Waals surface area (Å²) >= 11 is 5.28. The van der Waals surface area contributed by atoms with E-state index in [9.17, 15) is 4.79 Å². The summed E-state index contributed by atoms with van der Waals surface area (Å²) in [4.78, 5) is 12.4. The van der Waals surface area contributed by atoms with Crippen LogP contribution in [0.4, 0.5) is 5.69 Å². The van der Waals surface area contributed by atoms with Gasteiger partial charge in [0.05, 0.1) is 0 Å². The summed E-state index contributed by atoms with van der Waals surface area (Å²) in [7, 11) is 0. The molecular weight excluding hydrogens is 396 g/mol. The number of benzene rings is 3. The second-order valence-corrected chi connectivity index (χ2v) is 7.16. The molecule has 0 aliphatic heterocycles. The van der Waals surface area contributed by atoms with Gasteiger partial charge in [0, 0.05) is 17.1 Å². The molecule has 1 amide bonds. The summed E-state index contributed by atoms with van der Waals surface area (Å²) < 4.78 is 11.6. The molecule has 2 N–H and O–H groups in total. The lowest BCUT2D eigenvalue weighted by Crippen LogP contribution is -2.33. The number of anilines is 1. The van der Waals surface area contributed by atoms with E-state index in [1.165, 1.54) is 0 Å². The third kappa shape index (κ3) is 4.67. The number of furan rings is 1. The summed E-state index contributed by atoms with van der Waals surface area (Å²) in [5, 5.41) is 6.68. The van der Waals surface area contributed by atoms with Crippen molar-refractivity contribution >= 4 is 39.9 Å². The summed E-state index contributed by atoms with van der Waals surface area (Å²) in [6, 6.07) is 26.5. The Morgan fingerprint density at radius 3 is 2.53 bits per heavy atom. The van der Waals surface area contributed by atoms with Crippen LogP contribution in [-0.4, -0.2) is 11.0 Å². The molecular formula is C24H20N2O3S. The lowest BCUT2D eigenvalue weighted by atomic mass is 10.1. The van der Waals surface area contributed by atoms with Gasteiger partial charge < -0.3 is 14.5 Å². The average Bonchev–Trinajstić information content (AvgIpc) is 3.19. The minimum absolute atomic E-state index is 0.0961. The SMILES string of the molecule is C[C@H](Oc1cccc(NC(=S)NC(=O)c2cc3ccccc3o2)c1)c1ccccc1. The summed E-state index contributed by atoms with van der Waals surface area (Å²) in [6.45, 7) is 1.99. The molecule has 0 fully saturated rings. The summed E-state index contributed by atoms with van der Waals surface area (Å²) in [5.74, 6) is 0.491. The van der Waals surface area contributed by atoms with E-state index in [0.717, 1.165) is 10.9 Å². The van der Waals surface area contributed by atoms with Crippen molar-refractivity contribution in [3.8, 4) is 5.75 Å². The van der Waals surface area contributed by atoms with E-state index < -0.39 is 5.91 Å². The molecule has 3 aromatic carbocycles. The average molecular weight is 417 g/mol. The van der Waals surface area contributed by atoms with Gasteiger partial charge in [-0.1, -0.05) is 54.6 Å². The molecule has 1 atom stereocenters. The Kier molecular flexibility index (Phi) is 5.77. The fourth-order valence-corrected chi connectivity index (χ4v) is 3.27. The Labute approximate surface area is 179 Å². The predicted octanol–water partition coefficient (Wildman–Crippen LogP) is 5.70. The normalized spacial score (nSPS) is 11.6. The van der Waals surface area contributed by atoms with Crippen LogP contribution in [0.2, 0.25) is 0 Å². The molecule has 1 heterocycles. The molecule has 30 heavy (non-hydrogen) atoms. The highest BCUT2D eigenvalue weighted by Crippen LogP contribution is 2.24. The lowest BCUT2D eigenvalue weighted by molar-refractivity contribution is 0.0953. The predicted molar refractivity (Wildman–Crippen MR) is 122 cm³/mol. The van der Waals surface area contributed by atoms with Crippen molar-refractivity contribution in [3.63, 3.8) is 0 Å². The monoisotopic (exact) mass is 416 g/mol. The number of hydrogen-bond acceptors (Lipinski definition) is 4. The molecule has 0 saturated carbocycles. The van der Waals surface area contributed by atoms with Crippen LogP contribution in [0.15, 0.2) is 89.3 Å². The van der Waals surface area contributed by atoms with Crippen LogP contribution in [0.5, 0.6) is 5.75 Å². The quantitative estimate of drug-likeness (QED) is 0.409. The maximum atomic E-state index is 12.4. The standard InChI is InChI=1S/C24H20N2O3S/c1-16(17-8-3-2-4-9-17)28-20-12-7-11-19(15-20)25-24(30)26-23(27)22-14-18-10-5-6-13-21(18)29-22/h2-16H,1H3,(H2,25,26,27,30)/t16-/m0/s1. The Morgan fingerprint density at radius 1 is 0.967 bits per heavy atom. The summed E-state index contributed by atoms with van der Waals surface area (Å²) in [6.07, 6.45) is -0.0961. The van der Waals surface area contributed by atoms with Crippen molar-refractivity contribution in [2.45, 2.75) is 13.0 Å². The van der Waals surface area contributed by atoms with Crippen LogP contribution in [0, 0.1) is 0 Å². The van der Waals surface area contributed by atoms with Crippen LogP contribution in [0.25, 0.3) is 11.0 Å². The number of nitrogens with one attached hydrogen (secondary N) is 2. The smallest absolute Gasteiger partial charge is 0.293 e. The van der Waals surface area contributed by atoms with Gasteiger partial charge in [-0.2, -0.15) is 0 Å². The minimum atomic E-state index is -0.409. The van der Waals surface area contributed by atoms with E-state index in [2.05, 4.69) is 10.6 Å². The zero-order valence-corrected chi connectivity index (χ0v) is 17.1. The van der Waals surface area contributed by atoms with E-state index in [0.29, 0.717) is 17.0 Å². The molecule has 0 bridgehead atoms. The number of fused-ring (bicyclic) bond motifs is 1. The Bertz CT molecular complexity index is 1150. The maximum absolute atomic E-state index is 12.4. The number of carbonyl (C=O) groups is 1. The highest BCUT2D eigenvalue weighted by Gasteiger charge is 2.14. The van der Waals surface area contributed by atoms with Gasteiger partial charge in [-0.25, -0.2) is 0 Å². The van der Waals surface area contributed by atoms with Gasteiger partial charge in [-0.3, -0.25) is 10.1 Å². The highest BCUT2D eigenvalue weighted by molar-refractivity contribution is 7.80. The molecule has 4 rings (SSSR count). The first-order valence-electron chi connectivity index (χ1n) is 9.51. The molecule has 0 aliphatic carbocycles. The molecule has 150 valence electrons. The lowest BCUT2D eigenvalue weighted by Gasteiger charge is -2.16. The van der Waals surface area contributed by atoms with Crippen LogP contribution in [-0.2, 0) is 0 Å². The molecule has 1 aromatic heterocycles. The zero-order chi connectivity index (χ0) is 20.9. The molecule has 0 spiro atoms. The zero-order valence-electron chi connectivity index (χ0n) is 16.3. The Morgan fingerprint density at radius 2 is 1.73 bits per heavy atom. The van der Waals surface area contributed by atoms with Gasteiger partial charge in [-0.15, -0.1) is 0 Å². The first-order chi connectivity index (χ1) is 14.6. The number of carbonyl (C=O) groups excluding carboxylic acids is 1. The Balaban J connectivity index is 1.38. The number of para-hydroxylation sites is 1. The van der Waals surface area contributed by atoms with E-state index in [1.54, 1.807) is 6.07 Å². The van der Waals surface area contributed by atoms with Crippen LogP contribution in [0.3, 0.4) is 0 Å². The number of hydrogen-bond donors (Lipinski definition) is 2. The molecule has 0 saturated heterocycles. The van der Waals surface area contributed by atoms with Crippen molar-refractivity contribution < 1.29 is 13.9 Å². The minimum Gasteiger partial charge on any atom is -0.486 e. The van der Waals surface area contributed by atoms with Crippen LogP contribution < -0.4 is 15.4 Å². The van der Waals surface area contributed by atoms with Gasteiger partial charge in [-0.05, 0) is 49.0 Å². The van der Waals surface area contributed by atoms with Crippen molar-refractivity contribution in [2.24, 2.45) is 0 Å². The number of amides is 1. The molecule has 5 nitrogen and oxygen atoms in total. The van der Waals surface area contributed by atoms with Crippen molar-refractivity contribution in [1.82, 2.24) is 5.32 Å². The summed E-state index contributed by atoms with van der Waals surface area (Å²) in [5.41, 5.74) is 2.45.